The van der Waals surface area contributed by atoms with Gasteiger partial charge < -0.3 is 4.74 Å². The molecule has 9 heteroatoms. The van der Waals surface area contributed by atoms with Crippen LogP contribution in [0.15, 0.2) is 41.8 Å². The third-order valence-corrected chi connectivity index (χ3v) is 4.22. The molecule has 3 aromatic rings. The number of H-pyrrole nitrogens is 1. The fourth-order valence-electron chi connectivity index (χ4n) is 2.19. The van der Waals surface area contributed by atoms with E-state index in [1.165, 1.54) is 23.5 Å². The highest BCUT2D eigenvalue weighted by Gasteiger charge is 2.19. The van der Waals surface area contributed by atoms with Gasteiger partial charge in [0, 0.05) is 22.6 Å². The van der Waals surface area contributed by atoms with E-state index in [-0.39, 0.29) is 23.7 Å². The third-order valence-electron chi connectivity index (χ3n) is 3.40. The molecular weight excluding hydrogens is 356 g/mol. The number of ether oxygens (including phenoxy) is 1. The fraction of sp³-hybridized carbons (Fsp3) is 0.118. The molecule has 132 valence electrons. The van der Waals surface area contributed by atoms with E-state index >= 15 is 0 Å². The number of carbonyl (C=O) groups excluding carboxylic acids is 1. The normalized spacial score (nSPS) is 11.3. The average molecular weight is 370 g/mol. The summed E-state index contributed by atoms with van der Waals surface area (Å²) in [4.78, 5) is 27.8. The van der Waals surface area contributed by atoms with E-state index in [9.17, 15) is 14.9 Å². The second-order valence-electron chi connectivity index (χ2n) is 5.11. The van der Waals surface area contributed by atoms with Crippen LogP contribution in [0, 0.1) is 10.1 Å². The Bertz CT molecular complexity index is 946. The molecule has 0 unspecified atom stereocenters. The number of nitrogens with zero attached hydrogens (tertiary/aromatic N) is 3. The molecule has 0 spiro atoms. The monoisotopic (exact) mass is 370 g/mol. The molecular formula is C17H14N4O4S. The molecule has 0 aliphatic rings. The summed E-state index contributed by atoms with van der Waals surface area (Å²) in [6.45, 7) is 1.97. The van der Waals surface area contributed by atoms with Gasteiger partial charge in [-0.3, -0.25) is 15.2 Å². The number of hydrogen-bond donors (Lipinski definition) is 1. The Labute approximate surface area is 152 Å². The minimum atomic E-state index is -0.507. The van der Waals surface area contributed by atoms with Crippen molar-refractivity contribution in [1.29, 1.82) is 0 Å². The van der Waals surface area contributed by atoms with Crippen molar-refractivity contribution in [2.75, 3.05) is 6.61 Å². The van der Waals surface area contributed by atoms with Gasteiger partial charge in [0.2, 0.25) is 0 Å². The first-order chi connectivity index (χ1) is 12.6. The van der Waals surface area contributed by atoms with Gasteiger partial charge in [-0.2, -0.15) is 5.10 Å². The predicted octanol–water partition coefficient (Wildman–Crippen LogP) is 3.55. The number of aromatic amines is 1. The topological polar surface area (TPSA) is 111 Å². The summed E-state index contributed by atoms with van der Waals surface area (Å²) in [5.41, 5.74) is 0.835. The lowest BCUT2D eigenvalue weighted by atomic mass is 10.2. The molecule has 0 aliphatic carbocycles. The van der Waals surface area contributed by atoms with Crippen LogP contribution in [-0.2, 0) is 9.53 Å². The van der Waals surface area contributed by atoms with E-state index in [4.69, 9.17) is 4.74 Å². The first-order valence-corrected chi connectivity index (χ1v) is 8.56. The lowest BCUT2D eigenvalue weighted by molar-refractivity contribution is -0.384. The number of thiophene rings is 1. The highest BCUT2D eigenvalue weighted by Crippen LogP contribution is 2.23. The Morgan fingerprint density at radius 1 is 1.35 bits per heavy atom. The van der Waals surface area contributed by atoms with Crippen LogP contribution < -0.4 is 0 Å². The van der Waals surface area contributed by atoms with Gasteiger partial charge in [0.05, 0.1) is 11.5 Å². The first-order valence-electron chi connectivity index (χ1n) is 7.68. The molecule has 1 N–H and O–H groups in total. The fourth-order valence-corrected chi connectivity index (χ4v) is 2.85. The smallest absolute Gasteiger partial charge is 0.342 e. The second-order valence-corrected chi connectivity index (χ2v) is 6.08. The summed E-state index contributed by atoms with van der Waals surface area (Å²) in [7, 11) is 0. The Morgan fingerprint density at radius 3 is 2.73 bits per heavy atom. The number of non-ortho nitro benzene ring substituents is 1. The molecule has 1 aromatic carbocycles. The molecule has 0 saturated heterocycles. The predicted molar refractivity (Wildman–Crippen MR) is 97.3 cm³/mol. The molecule has 26 heavy (non-hydrogen) atoms. The number of esters is 1. The number of nitrogens with one attached hydrogen (secondary N) is 1. The standard InChI is InChI=1S/C17H14N4O4S/c1-2-25-17(22)14(10-13-4-3-9-26-13)16-18-15(19-20-16)11-5-7-12(8-6-11)21(23)24/h3-10H,2H2,1H3,(H,18,19,20)/b14-10+. The van der Waals surface area contributed by atoms with Crippen molar-refractivity contribution in [2.24, 2.45) is 0 Å². The van der Waals surface area contributed by atoms with Crippen LogP contribution in [-0.4, -0.2) is 32.7 Å². The van der Waals surface area contributed by atoms with Gasteiger partial charge in [0.25, 0.3) is 5.69 Å². The lowest BCUT2D eigenvalue weighted by Crippen LogP contribution is -2.08. The highest BCUT2D eigenvalue weighted by atomic mass is 32.1. The molecule has 0 fully saturated rings. The van der Waals surface area contributed by atoms with E-state index in [0.717, 1.165) is 4.88 Å². The number of hydrogen-bond acceptors (Lipinski definition) is 7. The van der Waals surface area contributed by atoms with Crippen molar-refractivity contribution < 1.29 is 14.5 Å². The summed E-state index contributed by atoms with van der Waals surface area (Å²) in [6, 6.07) is 9.61. The second kappa shape index (κ2) is 7.70. The minimum Gasteiger partial charge on any atom is -0.462 e. The molecule has 8 nitrogen and oxygen atoms in total. The number of nitro benzene ring substituents is 1. The van der Waals surface area contributed by atoms with E-state index in [0.29, 0.717) is 11.4 Å². The van der Waals surface area contributed by atoms with E-state index in [2.05, 4.69) is 15.2 Å². The van der Waals surface area contributed by atoms with Gasteiger partial charge >= 0.3 is 5.97 Å². The molecule has 2 aromatic heterocycles. The maximum Gasteiger partial charge on any atom is 0.342 e. The van der Waals surface area contributed by atoms with E-state index in [1.54, 1.807) is 25.1 Å². The average Bonchev–Trinajstić information content (AvgIpc) is 3.32. The summed E-state index contributed by atoms with van der Waals surface area (Å²) in [6.07, 6.45) is 1.68. The van der Waals surface area contributed by atoms with Crippen LogP contribution in [0.2, 0.25) is 0 Å². The minimum absolute atomic E-state index is 0.0192. The van der Waals surface area contributed by atoms with E-state index < -0.39 is 10.9 Å². The van der Waals surface area contributed by atoms with Crippen molar-refractivity contribution in [1.82, 2.24) is 15.2 Å². The Kier molecular flexibility index (Phi) is 5.18. The van der Waals surface area contributed by atoms with Gasteiger partial charge in [-0.25, -0.2) is 9.78 Å². The van der Waals surface area contributed by atoms with Crippen molar-refractivity contribution in [2.45, 2.75) is 6.92 Å². The zero-order chi connectivity index (χ0) is 18.5. The Balaban J connectivity index is 1.94. The summed E-state index contributed by atoms with van der Waals surface area (Å²) < 4.78 is 5.10. The molecule has 3 rings (SSSR count). The van der Waals surface area contributed by atoms with Crippen LogP contribution in [0.25, 0.3) is 23.0 Å². The van der Waals surface area contributed by atoms with Crippen LogP contribution in [0.3, 0.4) is 0 Å². The van der Waals surface area contributed by atoms with Crippen LogP contribution in [0.5, 0.6) is 0 Å². The van der Waals surface area contributed by atoms with Gasteiger partial charge in [0.15, 0.2) is 11.6 Å². The zero-order valence-electron chi connectivity index (χ0n) is 13.7. The Hall–Kier alpha value is -3.33. The quantitative estimate of drug-likeness (QED) is 0.307. The molecule has 0 atom stereocenters. The molecule has 2 heterocycles. The highest BCUT2D eigenvalue weighted by molar-refractivity contribution is 7.10. The van der Waals surface area contributed by atoms with E-state index in [1.807, 2.05) is 17.5 Å². The maximum absolute atomic E-state index is 12.3. The SMILES string of the molecule is CCOC(=O)/C(=C/c1cccs1)c1nc(-c2ccc([N+](=O)[O-])cc2)n[nH]1. The first kappa shape index (κ1) is 17.5. The van der Waals surface area contributed by atoms with Gasteiger partial charge in [-0.15, -0.1) is 11.3 Å². The van der Waals surface area contributed by atoms with Crippen molar-refractivity contribution >= 4 is 34.6 Å². The van der Waals surface area contributed by atoms with Crippen molar-refractivity contribution in [3.63, 3.8) is 0 Å². The zero-order valence-corrected chi connectivity index (χ0v) is 14.5. The molecule has 0 amide bonds. The van der Waals surface area contributed by atoms with Crippen molar-refractivity contribution in [3.05, 3.63) is 62.6 Å². The summed E-state index contributed by atoms with van der Waals surface area (Å²) in [5, 5.41) is 19.5. The molecule has 0 bridgehead atoms. The number of aromatic nitrogens is 3. The number of nitro groups is 1. The number of benzene rings is 1. The van der Waals surface area contributed by atoms with Gasteiger partial charge in [-0.1, -0.05) is 6.07 Å². The third kappa shape index (κ3) is 3.83. The summed E-state index contributed by atoms with van der Waals surface area (Å²) in [5.74, 6) is 0.0915. The number of rotatable bonds is 6. The molecule has 0 saturated carbocycles. The Morgan fingerprint density at radius 2 is 2.12 bits per heavy atom. The lowest BCUT2D eigenvalue weighted by Gasteiger charge is -2.03. The van der Waals surface area contributed by atoms with Crippen LogP contribution >= 0.6 is 11.3 Å². The van der Waals surface area contributed by atoms with Crippen molar-refractivity contribution in [3.8, 4) is 11.4 Å². The largest absolute Gasteiger partial charge is 0.462 e. The van der Waals surface area contributed by atoms with Gasteiger partial charge in [-0.05, 0) is 36.6 Å². The molecule has 0 aliphatic heterocycles. The van der Waals surface area contributed by atoms with Crippen LogP contribution in [0.1, 0.15) is 17.6 Å². The van der Waals surface area contributed by atoms with Gasteiger partial charge in [0.1, 0.15) is 5.57 Å². The summed E-state index contributed by atoms with van der Waals surface area (Å²) >= 11 is 1.48. The number of carbonyl (C=O) groups is 1. The van der Waals surface area contributed by atoms with Crippen LogP contribution in [0.4, 0.5) is 5.69 Å². The molecule has 0 radical (unpaired) electrons. The maximum atomic E-state index is 12.3.